The summed E-state index contributed by atoms with van der Waals surface area (Å²) in [7, 11) is 0. The number of aryl methyl sites for hydroxylation is 1. The van der Waals surface area contributed by atoms with E-state index in [2.05, 4.69) is 27.6 Å². The van der Waals surface area contributed by atoms with E-state index in [1.807, 2.05) is 39.0 Å². The first-order valence-electron chi connectivity index (χ1n) is 8.59. The molecule has 0 saturated carbocycles. The number of hydrogen-bond acceptors (Lipinski definition) is 4. The van der Waals surface area contributed by atoms with E-state index in [1.165, 1.54) is 5.56 Å². The second-order valence-electron chi connectivity index (χ2n) is 7.06. The highest BCUT2D eigenvalue weighted by Gasteiger charge is 2.21. The average Bonchev–Trinajstić information content (AvgIpc) is 3.02. The lowest BCUT2D eigenvalue weighted by Gasteiger charge is -2.10. The zero-order valence-corrected chi connectivity index (χ0v) is 14.8. The molecular formula is C19H27N3O2. The van der Waals surface area contributed by atoms with E-state index in [4.69, 9.17) is 4.52 Å². The Labute approximate surface area is 143 Å². The zero-order valence-electron chi connectivity index (χ0n) is 14.8. The SMILES string of the molecule is CC(C)(C)c1nc(CCNC(=O)CCCCc2ccccc2)no1. The number of rotatable bonds is 8. The minimum Gasteiger partial charge on any atom is -0.356 e. The van der Waals surface area contributed by atoms with Crippen LogP contribution in [0.15, 0.2) is 34.9 Å². The number of amides is 1. The predicted molar refractivity (Wildman–Crippen MR) is 93.7 cm³/mol. The molecule has 130 valence electrons. The first kappa shape index (κ1) is 18.2. The number of hydrogen-bond donors (Lipinski definition) is 1. The molecule has 1 heterocycles. The maximum absolute atomic E-state index is 11.8. The van der Waals surface area contributed by atoms with Gasteiger partial charge in [0.15, 0.2) is 5.82 Å². The van der Waals surface area contributed by atoms with Gasteiger partial charge in [-0.3, -0.25) is 4.79 Å². The smallest absolute Gasteiger partial charge is 0.232 e. The first-order valence-corrected chi connectivity index (χ1v) is 8.59. The van der Waals surface area contributed by atoms with Gasteiger partial charge in [0.1, 0.15) is 0 Å². The Morgan fingerprint density at radius 2 is 1.88 bits per heavy atom. The highest BCUT2D eigenvalue weighted by Crippen LogP contribution is 2.19. The van der Waals surface area contributed by atoms with E-state index < -0.39 is 0 Å². The molecule has 1 amide bonds. The fourth-order valence-corrected chi connectivity index (χ4v) is 2.32. The number of nitrogens with one attached hydrogen (secondary N) is 1. The third-order valence-electron chi connectivity index (χ3n) is 3.74. The molecule has 1 aromatic heterocycles. The molecule has 0 spiro atoms. The van der Waals surface area contributed by atoms with Crippen molar-refractivity contribution in [2.75, 3.05) is 6.54 Å². The van der Waals surface area contributed by atoms with Gasteiger partial charge in [0.05, 0.1) is 0 Å². The summed E-state index contributed by atoms with van der Waals surface area (Å²) < 4.78 is 5.23. The molecule has 24 heavy (non-hydrogen) atoms. The minimum atomic E-state index is -0.146. The lowest BCUT2D eigenvalue weighted by molar-refractivity contribution is -0.121. The Morgan fingerprint density at radius 3 is 2.54 bits per heavy atom. The number of unbranched alkanes of at least 4 members (excludes halogenated alkanes) is 1. The van der Waals surface area contributed by atoms with E-state index in [-0.39, 0.29) is 11.3 Å². The van der Waals surface area contributed by atoms with Crippen LogP contribution >= 0.6 is 0 Å². The van der Waals surface area contributed by atoms with Crippen LogP contribution in [0.5, 0.6) is 0 Å². The first-order chi connectivity index (χ1) is 11.4. The Hall–Kier alpha value is -2.17. The summed E-state index contributed by atoms with van der Waals surface area (Å²) in [6.07, 6.45) is 4.10. The fourth-order valence-electron chi connectivity index (χ4n) is 2.32. The molecule has 5 heteroatoms. The van der Waals surface area contributed by atoms with Crippen molar-refractivity contribution in [3.05, 3.63) is 47.6 Å². The third kappa shape index (κ3) is 6.14. The van der Waals surface area contributed by atoms with Gasteiger partial charge in [-0.1, -0.05) is 56.3 Å². The van der Waals surface area contributed by atoms with E-state index in [1.54, 1.807) is 0 Å². The van der Waals surface area contributed by atoms with Gasteiger partial charge in [0.25, 0.3) is 0 Å². The second kappa shape index (κ2) is 8.62. The Kier molecular flexibility index (Phi) is 6.53. The average molecular weight is 329 g/mol. The van der Waals surface area contributed by atoms with Crippen molar-refractivity contribution in [3.8, 4) is 0 Å². The van der Waals surface area contributed by atoms with Gasteiger partial charge < -0.3 is 9.84 Å². The maximum atomic E-state index is 11.8. The molecule has 0 aliphatic carbocycles. The molecule has 0 atom stereocenters. The molecule has 1 N–H and O–H groups in total. The van der Waals surface area contributed by atoms with Crippen molar-refractivity contribution in [2.45, 2.75) is 58.3 Å². The van der Waals surface area contributed by atoms with E-state index in [9.17, 15) is 4.79 Å². The minimum absolute atomic E-state index is 0.0857. The van der Waals surface area contributed by atoms with Crippen LogP contribution in [0, 0.1) is 0 Å². The van der Waals surface area contributed by atoms with Crippen molar-refractivity contribution in [3.63, 3.8) is 0 Å². The monoisotopic (exact) mass is 329 g/mol. The second-order valence-corrected chi connectivity index (χ2v) is 7.06. The van der Waals surface area contributed by atoms with Crippen LogP contribution in [0.3, 0.4) is 0 Å². The number of nitrogens with zero attached hydrogens (tertiary/aromatic N) is 2. The van der Waals surface area contributed by atoms with Gasteiger partial charge in [0, 0.05) is 24.8 Å². The van der Waals surface area contributed by atoms with Crippen LogP contribution in [0.1, 0.15) is 57.3 Å². The Bertz CT molecular complexity index is 630. The highest BCUT2D eigenvalue weighted by molar-refractivity contribution is 5.75. The molecule has 0 radical (unpaired) electrons. The molecule has 2 rings (SSSR count). The predicted octanol–water partition coefficient (Wildman–Crippen LogP) is 3.44. The summed E-state index contributed by atoms with van der Waals surface area (Å²) in [5.74, 6) is 1.36. The van der Waals surface area contributed by atoms with Gasteiger partial charge in [-0.05, 0) is 24.8 Å². The molecular weight excluding hydrogens is 302 g/mol. The van der Waals surface area contributed by atoms with Crippen molar-refractivity contribution in [1.82, 2.24) is 15.5 Å². The molecule has 1 aromatic carbocycles. The van der Waals surface area contributed by atoms with Crippen LogP contribution in [0.2, 0.25) is 0 Å². The summed E-state index contributed by atoms with van der Waals surface area (Å²) in [6.45, 7) is 6.63. The van der Waals surface area contributed by atoms with E-state index in [0.717, 1.165) is 19.3 Å². The molecule has 0 aliphatic rings. The van der Waals surface area contributed by atoms with Crippen LogP contribution in [0.4, 0.5) is 0 Å². The van der Waals surface area contributed by atoms with Gasteiger partial charge >= 0.3 is 0 Å². The number of benzene rings is 1. The zero-order chi connectivity index (χ0) is 17.4. The lowest BCUT2D eigenvalue weighted by atomic mass is 9.97. The molecule has 0 unspecified atom stereocenters. The van der Waals surface area contributed by atoms with Gasteiger partial charge in [-0.15, -0.1) is 0 Å². The standard InChI is InChI=1S/C19H27N3O2/c1-19(2,3)18-21-16(22-24-18)13-14-20-17(23)12-8-7-11-15-9-5-4-6-10-15/h4-6,9-10H,7-8,11-14H2,1-3H3,(H,20,23). The molecule has 2 aromatic rings. The number of aromatic nitrogens is 2. The number of carbonyl (C=O) groups is 1. The van der Waals surface area contributed by atoms with Crippen molar-refractivity contribution in [2.24, 2.45) is 0 Å². The van der Waals surface area contributed by atoms with E-state index >= 15 is 0 Å². The fraction of sp³-hybridized carbons (Fsp3) is 0.526. The topological polar surface area (TPSA) is 68.0 Å². The Balaban J connectivity index is 1.59. The van der Waals surface area contributed by atoms with E-state index in [0.29, 0.717) is 31.1 Å². The van der Waals surface area contributed by atoms with Crippen LogP contribution in [0.25, 0.3) is 0 Å². The van der Waals surface area contributed by atoms with Gasteiger partial charge in [-0.2, -0.15) is 4.98 Å². The summed E-state index contributed by atoms with van der Waals surface area (Å²) in [6, 6.07) is 10.4. The molecule has 5 nitrogen and oxygen atoms in total. The van der Waals surface area contributed by atoms with Crippen LogP contribution in [-0.2, 0) is 23.1 Å². The van der Waals surface area contributed by atoms with Crippen molar-refractivity contribution >= 4 is 5.91 Å². The quantitative estimate of drug-likeness (QED) is 0.753. The third-order valence-corrected chi connectivity index (χ3v) is 3.74. The van der Waals surface area contributed by atoms with Gasteiger partial charge in [0.2, 0.25) is 11.8 Å². The molecule has 0 saturated heterocycles. The van der Waals surface area contributed by atoms with Crippen molar-refractivity contribution < 1.29 is 9.32 Å². The Morgan fingerprint density at radius 1 is 1.12 bits per heavy atom. The highest BCUT2D eigenvalue weighted by atomic mass is 16.5. The maximum Gasteiger partial charge on any atom is 0.232 e. The number of carbonyl (C=O) groups excluding carboxylic acids is 1. The van der Waals surface area contributed by atoms with Gasteiger partial charge in [-0.25, -0.2) is 0 Å². The summed E-state index contributed by atoms with van der Waals surface area (Å²) in [4.78, 5) is 16.2. The molecule has 0 bridgehead atoms. The normalized spacial score (nSPS) is 11.5. The summed E-state index contributed by atoms with van der Waals surface area (Å²) in [5, 5.41) is 6.87. The van der Waals surface area contributed by atoms with Crippen LogP contribution in [-0.4, -0.2) is 22.6 Å². The van der Waals surface area contributed by atoms with Crippen molar-refractivity contribution in [1.29, 1.82) is 0 Å². The largest absolute Gasteiger partial charge is 0.356 e. The molecule has 0 aliphatic heterocycles. The lowest BCUT2D eigenvalue weighted by Crippen LogP contribution is -2.25. The summed E-state index contributed by atoms with van der Waals surface area (Å²) >= 11 is 0. The summed E-state index contributed by atoms with van der Waals surface area (Å²) in [5.41, 5.74) is 1.18. The molecule has 0 fully saturated rings. The van der Waals surface area contributed by atoms with Crippen LogP contribution < -0.4 is 5.32 Å².